The van der Waals surface area contributed by atoms with Gasteiger partial charge in [0.25, 0.3) is 0 Å². The van der Waals surface area contributed by atoms with Crippen LogP contribution in [0.15, 0.2) is 4.99 Å². The van der Waals surface area contributed by atoms with Crippen molar-refractivity contribution in [1.82, 2.24) is 20.4 Å². The molecule has 0 aliphatic carbocycles. The van der Waals surface area contributed by atoms with Gasteiger partial charge in [0.1, 0.15) is 0 Å². The van der Waals surface area contributed by atoms with Crippen LogP contribution in [0, 0.1) is 5.92 Å². The molecule has 0 aromatic heterocycles. The monoisotopic (exact) mass is 439 g/mol. The largest absolute Gasteiger partial charge is 0.356 e. The number of unbranched alkanes of at least 4 members (excludes halogenated alkanes) is 2. The number of nitrogens with zero attached hydrogens (tertiary/aromatic N) is 3. The molecule has 1 fully saturated rings. The predicted molar refractivity (Wildman–Crippen MR) is 112 cm³/mol. The Labute approximate surface area is 160 Å². The van der Waals surface area contributed by atoms with E-state index in [4.69, 9.17) is 0 Å². The zero-order valence-corrected chi connectivity index (χ0v) is 18.1. The normalized spacial score (nSPS) is 18.6. The Balaban J connectivity index is 0.00000484. The Hall–Kier alpha value is -0.0800. The minimum absolute atomic E-state index is 0. The van der Waals surface area contributed by atoms with Crippen molar-refractivity contribution in [3.63, 3.8) is 0 Å². The van der Waals surface area contributed by atoms with Crippen LogP contribution < -0.4 is 10.6 Å². The van der Waals surface area contributed by atoms with Crippen molar-refractivity contribution < 1.29 is 0 Å². The lowest BCUT2D eigenvalue weighted by atomic mass is 10.0. The second kappa shape index (κ2) is 13.2. The van der Waals surface area contributed by atoms with Gasteiger partial charge in [0.05, 0.1) is 0 Å². The van der Waals surface area contributed by atoms with E-state index in [2.05, 4.69) is 53.2 Å². The fraction of sp³-hybridized carbons (Fsp3) is 0.941. The molecule has 5 nitrogen and oxygen atoms in total. The molecule has 1 saturated heterocycles. The van der Waals surface area contributed by atoms with E-state index in [9.17, 15) is 0 Å². The molecule has 0 aromatic carbocycles. The molecular weight excluding hydrogens is 401 g/mol. The first-order valence-corrected chi connectivity index (χ1v) is 8.95. The molecule has 0 aromatic rings. The highest BCUT2D eigenvalue weighted by Crippen LogP contribution is 2.12. The summed E-state index contributed by atoms with van der Waals surface area (Å²) in [5.41, 5.74) is 0. The minimum atomic E-state index is 0. The summed E-state index contributed by atoms with van der Waals surface area (Å²) in [5, 5.41) is 6.94. The second-order valence-corrected chi connectivity index (χ2v) is 6.74. The van der Waals surface area contributed by atoms with Crippen molar-refractivity contribution in [2.75, 3.05) is 53.4 Å². The standard InChI is InChI=1S/C17H37N5.HI/c1-6-7-8-9-19-17(18-4)20-14-16(15(2)3)22-12-10-21(5)11-13-22;/h15-16H,6-14H2,1-5H3,(H2,18,19,20);1H. The minimum Gasteiger partial charge on any atom is -0.356 e. The molecule has 6 heteroatoms. The maximum atomic E-state index is 4.34. The van der Waals surface area contributed by atoms with Gasteiger partial charge in [-0.2, -0.15) is 0 Å². The summed E-state index contributed by atoms with van der Waals surface area (Å²) in [4.78, 5) is 9.38. The number of rotatable bonds is 8. The van der Waals surface area contributed by atoms with Crippen LogP contribution in [-0.2, 0) is 0 Å². The Bertz CT molecular complexity index is 314. The molecule has 1 aliphatic rings. The lowest BCUT2D eigenvalue weighted by Gasteiger charge is -2.40. The summed E-state index contributed by atoms with van der Waals surface area (Å²) in [6, 6.07) is 0.572. The van der Waals surface area contributed by atoms with E-state index < -0.39 is 0 Å². The fourth-order valence-electron chi connectivity index (χ4n) is 2.94. The van der Waals surface area contributed by atoms with E-state index in [1.807, 2.05) is 7.05 Å². The smallest absolute Gasteiger partial charge is 0.191 e. The van der Waals surface area contributed by atoms with E-state index in [1.165, 1.54) is 45.4 Å². The van der Waals surface area contributed by atoms with Crippen LogP contribution in [0.3, 0.4) is 0 Å². The number of piperazine rings is 1. The average molecular weight is 439 g/mol. The molecule has 0 radical (unpaired) electrons. The summed E-state index contributed by atoms with van der Waals surface area (Å²) in [6.45, 7) is 13.5. The number of halogens is 1. The molecular formula is C17H38IN5. The molecule has 138 valence electrons. The van der Waals surface area contributed by atoms with Crippen molar-refractivity contribution in [3.05, 3.63) is 0 Å². The highest BCUT2D eigenvalue weighted by molar-refractivity contribution is 14.0. The van der Waals surface area contributed by atoms with Crippen molar-refractivity contribution in [2.24, 2.45) is 10.9 Å². The van der Waals surface area contributed by atoms with E-state index in [0.717, 1.165) is 19.0 Å². The van der Waals surface area contributed by atoms with Gasteiger partial charge in [0.2, 0.25) is 0 Å². The number of hydrogen-bond donors (Lipinski definition) is 2. The lowest BCUT2D eigenvalue weighted by Crippen LogP contribution is -2.55. The highest BCUT2D eigenvalue weighted by atomic mass is 127. The van der Waals surface area contributed by atoms with Crippen LogP contribution in [-0.4, -0.2) is 75.2 Å². The van der Waals surface area contributed by atoms with Crippen LogP contribution in [0.5, 0.6) is 0 Å². The molecule has 1 unspecified atom stereocenters. The summed E-state index contributed by atoms with van der Waals surface area (Å²) < 4.78 is 0. The SMILES string of the molecule is CCCCCNC(=NC)NCC(C(C)C)N1CCN(C)CC1.I. The van der Waals surface area contributed by atoms with Crippen molar-refractivity contribution in [1.29, 1.82) is 0 Å². The van der Waals surface area contributed by atoms with Crippen LogP contribution in [0.25, 0.3) is 0 Å². The Morgan fingerprint density at radius 3 is 2.26 bits per heavy atom. The third-order valence-corrected chi connectivity index (χ3v) is 4.55. The maximum absolute atomic E-state index is 4.34. The molecule has 0 bridgehead atoms. The summed E-state index contributed by atoms with van der Waals surface area (Å²) >= 11 is 0. The molecule has 2 N–H and O–H groups in total. The fourth-order valence-corrected chi connectivity index (χ4v) is 2.94. The topological polar surface area (TPSA) is 42.9 Å². The van der Waals surface area contributed by atoms with Gasteiger partial charge >= 0.3 is 0 Å². The molecule has 23 heavy (non-hydrogen) atoms. The van der Waals surface area contributed by atoms with Gasteiger partial charge in [-0.05, 0) is 19.4 Å². The van der Waals surface area contributed by atoms with Crippen molar-refractivity contribution in [3.8, 4) is 0 Å². The molecule has 1 rings (SSSR count). The zero-order valence-electron chi connectivity index (χ0n) is 15.8. The third kappa shape index (κ3) is 9.10. The molecule has 0 amide bonds. The molecule has 1 atom stereocenters. The van der Waals surface area contributed by atoms with Crippen molar-refractivity contribution in [2.45, 2.75) is 46.1 Å². The van der Waals surface area contributed by atoms with E-state index >= 15 is 0 Å². The highest BCUT2D eigenvalue weighted by Gasteiger charge is 2.24. The predicted octanol–water partition coefficient (Wildman–Crippen LogP) is 2.23. The number of guanidine groups is 1. The van der Waals surface area contributed by atoms with E-state index in [0.29, 0.717) is 12.0 Å². The number of nitrogens with one attached hydrogen (secondary N) is 2. The van der Waals surface area contributed by atoms with Crippen LogP contribution in [0.2, 0.25) is 0 Å². The zero-order chi connectivity index (χ0) is 16.4. The van der Waals surface area contributed by atoms with Gasteiger partial charge in [-0.3, -0.25) is 9.89 Å². The van der Waals surface area contributed by atoms with Crippen molar-refractivity contribution >= 4 is 29.9 Å². The van der Waals surface area contributed by atoms with Crippen LogP contribution >= 0.6 is 24.0 Å². The van der Waals surface area contributed by atoms with Gasteiger partial charge in [-0.15, -0.1) is 24.0 Å². The second-order valence-electron chi connectivity index (χ2n) is 6.74. The third-order valence-electron chi connectivity index (χ3n) is 4.55. The molecule has 1 aliphatic heterocycles. The first-order valence-electron chi connectivity index (χ1n) is 8.95. The average Bonchev–Trinajstić information content (AvgIpc) is 2.51. The van der Waals surface area contributed by atoms with Crippen LogP contribution in [0.4, 0.5) is 0 Å². The maximum Gasteiger partial charge on any atom is 0.191 e. The quantitative estimate of drug-likeness (QED) is 0.264. The molecule has 1 heterocycles. The van der Waals surface area contributed by atoms with Crippen LogP contribution in [0.1, 0.15) is 40.0 Å². The number of aliphatic imine (C=N–C) groups is 1. The Morgan fingerprint density at radius 1 is 1.09 bits per heavy atom. The van der Waals surface area contributed by atoms with E-state index in [-0.39, 0.29) is 24.0 Å². The number of hydrogen-bond acceptors (Lipinski definition) is 3. The first-order chi connectivity index (χ1) is 10.6. The Kier molecular flexibility index (Phi) is 13.2. The van der Waals surface area contributed by atoms with E-state index in [1.54, 1.807) is 0 Å². The van der Waals surface area contributed by atoms with Gasteiger partial charge in [0.15, 0.2) is 5.96 Å². The molecule has 0 spiro atoms. The molecule has 0 saturated carbocycles. The van der Waals surface area contributed by atoms with Gasteiger partial charge in [-0.25, -0.2) is 0 Å². The summed E-state index contributed by atoms with van der Waals surface area (Å²) in [5.74, 6) is 1.59. The van der Waals surface area contributed by atoms with Gasteiger partial charge < -0.3 is 15.5 Å². The number of likely N-dealkylation sites (N-methyl/N-ethyl adjacent to an activating group) is 1. The van der Waals surface area contributed by atoms with Gasteiger partial charge in [0, 0.05) is 52.4 Å². The Morgan fingerprint density at radius 2 is 1.74 bits per heavy atom. The summed E-state index contributed by atoms with van der Waals surface area (Å²) in [7, 11) is 4.07. The lowest BCUT2D eigenvalue weighted by molar-refractivity contribution is 0.0900. The first kappa shape index (κ1) is 22.9. The van der Waals surface area contributed by atoms with Gasteiger partial charge in [-0.1, -0.05) is 33.6 Å². The summed E-state index contributed by atoms with van der Waals surface area (Å²) in [6.07, 6.45) is 3.75.